The van der Waals surface area contributed by atoms with Gasteiger partial charge in [-0.1, -0.05) is 25.5 Å². The molecule has 0 radical (unpaired) electrons. The largest absolute Gasteiger partial charge is 0.423 e. The van der Waals surface area contributed by atoms with Crippen LogP contribution in [0.1, 0.15) is 29.3 Å². The van der Waals surface area contributed by atoms with Crippen molar-refractivity contribution in [2.24, 2.45) is 0 Å². The number of carbonyl (C=O) groups excluding carboxylic acids is 1. The Morgan fingerprint density at radius 1 is 1.11 bits per heavy atom. The van der Waals surface area contributed by atoms with Crippen LogP contribution in [0, 0.1) is 10.1 Å². The van der Waals surface area contributed by atoms with Gasteiger partial charge in [0.15, 0.2) is 0 Å². The number of esters is 1. The number of aromatic nitrogens is 1. The summed E-state index contributed by atoms with van der Waals surface area (Å²) in [4.78, 5) is 26.9. The van der Waals surface area contributed by atoms with Crippen LogP contribution in [0.5, 0.6) is 5.75 Å². The standard InChI is InChI=1S/C21H18N2O4/c1-2-4-15-7-12-20(22-14-15)16-8-10-19(11-9-16)27-21(24)17-5-3-6-18(13-17)23(25)26/h3,5-14H,2,4H2,1H3. The fourth-order valence-electron chi connectivity index (χ4n) is 2.64. The monoisotopic (exact) mass is 362 g/mol. The molecule has 6 heteroatoms. The van der Waals surface area contributed by atoms with Gasteiger partial charge >= 0.3 is 5.97 Å². The topological polar surface area (TPSA) is 82.3 Å². The number of aryl methyl sites for hydroxylation is 1. The van der Waals surface area contributed by atoms with E-state index in [1.807, 2.05) is 24.4 Å². The van der Waals surface area contributed by atoms with E-state index in [-0.39, 0.29) is 11.3 Å². The summed E-state index contributed by atoms with van der Waals surface area (Å²) in [5.41, 5.74) is 2.92. The second kappa shape index (κ2) is 8.23. The number of non-ortho nitro benzene ring substituents is 1. The van der Waals surface area contributed by atoms with Gasteiger partial charge in [-0.05, 0) is 48.4 Å². The van der Waals surface area contributed by atoms with Crippen LogP contribution in [-0.4, -0.2) is 15.9 Å². The van der Waals surface area contributed by atoms with Gasteiger partial charge in [0, 0.05) is 23.9 Å². The molecule has 0 N–H and O–H groups in total. The van der Waals surface area contributed by atoms with Gasteiger partial charge in [-0.3, -0.25) is 15.1 Å². The van der Waals surface area contributed by atoms with E-state index in [4.69, 9.17) is 4.74 Å². The molecule has 136 valence electrons. The molecule has 0 fully saturated rings. The number of benzene rings is 2. The Morgan fingerprint density at radius 2 is 1.89 bits per heavy atom. The molecule has 0 bridgehead atoms. The van der Waals surface area contributed by atoms with Crippen LogP contribution < -0.4 is 4.74 Å². The van der Waals surface area contributed by atoms with Crippen molar-refractivity contribution in [1.29, 1.82) is 0 Å². The lowest BCUT2D eigenvalue weighted by Gasteiger charge is -2.06. The Labute approximate surface area is 156 Å². The molecule has 0 atom stereocenters. The maximum Gasteiger partial charge on any atom is 0.343 e. The van der Waals surface area contributed by atoms with Crippen molar-refractivity contribution in [3.63, 3.8) is 0 Å². The first-order chi connectivity index (χ1) is 13.1. The highest BCUT2D eigenvalue weighted by Crippen LogP contribution is 2.22. The third-order valence-corrected chi connectivity index (χ3v) is 4.02. The summed E-state index contributed by atoms with van der Waals surface area (Å²) in [6.07, 6.45) is 3.94. The molecule has 3 aromatic rings. The third-order valence-electron chi connectivity index (χ3n) is 4.02. The van der Waals surface area contributed by atoms with Gasteiger partial charge in [-0.2, -0.15) is 0 Å². The first-order valence-electron chi connectivity index (χ1n) is 8.59. The van der Waals surface area contributed by atoms with Gasteiger partial charge in [0.2, 0.25) is 0 Å². The van der Waals surface area contributed by atoms with E-state index >= 15 is 0 Å². The molecule has 0 saturated carbocycles. The Kier molecular flexibility index (Phi) is 5.56. The normalized spacial score (nSPS) is 10.4. The van der Waals surface area contributed by atoms with Crippen molar-refractivity contribution in [3.05, 3.63) is 88.1 Å². The van der Waals surface area contributed by atoms with Crippen LogP contribution >= 0.6 is 0 Å². The fraction of sp³-hybridized carbons (Fsp3) is 0.143. The van der Waals surface area contributed by atoms with Crippen molar-refractivity contribution in [2.75, 3.05) is 0 Å². The van der Waals surface area contributed by atoms with Gasteiger partial charge in [0.1, 0.15) is 5.75 Å². The van der Waals surface area contributed by atoms with Crippen molar-refractivity contribution in [1.82, 2.24) is 4.98 Å². The fourth-order valence-corrected chi connectivity index (χ4v) is 2.64. The van der Waals surface area contributed by atoms with Gasteiger partial charge < -0.3 is 4.74 Å². The van der Waals surface area contributed by atoms with Crippen LogP contribution in [0.3, 0.4) is 0 Å². The summed E-state index contributed by atoms with van der Waals surface area (Å²) in [7, 11) is 0. The number of ether oxygens (including phenoxy) is 1. The molecule has 0 saturated heterocycles. The molecule has 27 heavy (non-hydrogen) atoms. The molecule has 0 aliphatic carbocycles. The SMILES string of the molecule is CCCc1ccc(-c2ccc(OC(=O)c3cccc([N+](=O)[O-])c3)cc2)nc1. The van der Waals surface area contributed by atoms with E-state index in [2.05, 4.69) is 18.0 Å². The Balaban J connectivity index is 1.71. The molecule has 6 nitrogen and oxygen atoms in total. The molecule has 0 aliphatic rings. The quantitative estimate of drug-likeness (QED) is 0.271. The van der Waals surface area contributed by atoms with E-state index in [0.29, 0.717) is 5.75 Å². The Morgan fingerprint density at radius 3 is 2.52 bits per heavy atom. The number of nitrogens with zero attached hydrogens (tertiary/aromatic N) is 2. The molecular weight excluding hydrogens is 344 g/mol. The number of carbonyl (C=O) groups is 1. The maximum absolute atomic E-state index is 12.2. The smallest absolute Gasteiger partial charge is 0.343 e. The Hall–Kier alpha value is -3.54. The molecule has 0 unspecified atom stereocenters. The zero-order valence-electron chi connectivity index (χ0n) is 14.8. The zero-order valence-corrected chi connectivity index (χ0v) is 14.8. The van der Waals surface area contributed by atoms with Gasteiger partial charge in [0.25, 0.3) is 5.69 Å². The Bertz CT molecular complexity index is 951. The first-order valence-corrected chi connectivity index (χ1v) is 8.59. The van der Waals surface area contributed by atoms with Crippen molar-refractivity contribution in [3.8, 4) is 17.0 Å². The van der Waals surface area contributed by atoms with Gasteiger partial charge in [0.05, 0.1) is 16.2 Å². The zero-order chi connectivity index (χ0) is 19.2. The highest BCUT2D eigenvalue weighted by molar-refractivity contribution is 5.91. The van der Waals surface area contributed by atoms with E-state index in [1.54, 1.807) is 12.1 Å². The molecule has 0 spiro atoms. The highest BCUT2D eigenvalue weighted by Gasteiger charge is 2.13. The number of hydrogen-bond acceptors (Lipinski definition) is 5. The van der Waals surface area contributed by atoms with E-state index in [1.165, 1.54) is 29.8 Å². The maximum atomic E-state index is 12.2. The van der Waals surface area contributed by atoms with Crippen molar-refractivity contribution >= 4 is 11.7 Å². The highest BCUT2D eigenvalue weighted by atomic mass is 16.6. The molecule has 3 rings (SSSR count). The first kappa shape index (κ1) is 18.3. The summed E-state index contributed by atoms with van der Waals surface area (Å²) < 4.78 is 5.30. The second-order valence-corrected chi connectivity index (χ2v) is 6.02. The van der Waals surface area contributed by atoms with Gasteiger partial charge in [-0.15, -0.1) is 0 Å². The number of hydrogen-bond donors (Lipinski definition) is 0. The minimum absolute atomic E-state index is 0.126. The predicted molar refractivity (Wildman–Crippen MR) is 102 cm³/mol. The minimum atomic E-state index is -0.645. The third kappa shape index (κ3) is 4.55. The summed E-state index contributed by atoms with van der Waals surface area (Å²) >= 11 is 0. The van der Waals surface area contributed by atoms with Crippen molar-refractivity contribution < 1.29 is 14.5 Å². The van der Waals surface area contributed by atoms with Crippen LogP contribution in [0.2, 0.25) is 0 Å². The second-order valence-electron chi connectivity index (χ2n) is 6.02. The molecular formula is C21H18N2O4. The number of pyridine rings is 1. The summed E-state index contributed by atoms with van der Waals surface area (Å²) in [6.45, 7) is 2.13. The molecule has 0 amide bonds. The molecule has 1 heterocycles. The van der Waals surface area contributed by atoms with Crippen LogP contribution in [0.25, 0.3) is 11.3 Å². The van der Waals surface area contributed by atoms with E-state index in [9.17, 15) is 14.9 Å². The molecule has 2 aromatic carbocycles. The lowest BCUT2D eigenvalue weighted by molar-refractivity contribution is -0.384. The average molecular weight is 362 g/mol. The lowest BCUT2D eigenvalue weighted by atomic mass is 10.1. The number of rotatable bonds is 6. The van der Waals surface area contributed by atoms with Gasteiger partial charge in [-0.25, -0.2) is 4.79 Å². The predicted octanol–water partition coefficient (Wildman–Crippen LogP) is 4.83. The molecule has 0 aliphatic heterocycles. The number of nitro benzene ring substituents is 1. The minimum Gasteiger partial charge on any atom is -0.423 e. The lowest BCUT2D eigenvalue weighted by Crippen LogP contribution is -2.08. The number of nitro groups is 1. The van der Waals surface area contributed by atoms with E-state index in [0.717, 1.165) is 24.1 Å². The van der Waals surface area contributed by atoms with Crippen LogP contribution in [-0.2, 0) is 6.42 Å². The summed E-state index contributed by atoms with van der Waals surface area (Å²) in [5, 5.41) is 10.8. The summed E-state index contributed by atoms with van der Waals surface area (Å²) in [5.74, 6) is -0.286. The van der Waals surface area contributed by atoms with Crippen LogP contribution in [0.15, 0.2) is 66.9 Å². The molecule has 1 aromatic heterocycles. The van der Waals surface area contributed by atoms with Crippen LogP contribution in [0.4, 0.5) is 5.69 Å². The van der Waals surface area contributed by atoms with Crippen molar-refractivity contribution in [2.45, 2.75) is 19.8 Å². The van der Waals surface area contributed by atoms with E-state index < -0.39 is 10.9 Å². The average Bonchev–Trinajstić information content (AvgIpc) is 2.69. The summed E-state index contributed by atoms with van der Waals surface area (Å²) in [6, 6.07) is 16.4.